The highest BCUT2D eigenvalue weighted by atomic mass is 35.5. The van der Waals surface area contributed by atoms with E-state index in [9.17, 15) is 4.79 Å². The summed E-state index contributed by atoms with van der Waals surface area (Å²) in [6.07, 6.45) is 3.47. The average Bonchev–Trinajstić information content (AvgIpc) is 3.05. The first-order valence-electron chi connectivity index (χ1n) is 6.91. The third-order valence-corrected chi connectivity index (χ3v) is 3.88. The largest absolute Gasteiger partial charge is 0.338 e. The zero-order valence-corrected chi connectivity index (χ0v) is 13.5. The Bertz CT molecular complexity index is 633. The van der Waals surface area contributed by atoms with Gasteiger partial charge < -0.3 is 4.90 Å². The van der Waals surface area contributed by atoms with Gasteiger partial charge in [-0.3, -0.25) is 14.2 Å². The molecule has 0 fully saturated rings. The molecule has 1 amide bonds. The molecule has 2 aromatic heterocycles. The predicted octanol–water partition coefficient (Wildman–Crippen LogP) is 2.28. The van der Waals surface area contributed by atoms with Gasteiger partial charge in [0.2, 0.25) is 5.91 Å². The van der Waals surface area contributed by atoms with Gasteiger partial charge in [-0.25, -0.2) is 0 Å². The van der Waals surface area contributed by atoms with Crippen LogP contribution in [0, 0.1) is 6.92 Å². The van der Waals surface area contributed by atoms with Crippen LogP contribution in [0.1, 0.15) is 31.3 Å². The second-order valence-electron chi connectivity index (χ2n) is 5.06. The van der Waals surface area contributed by atoms with Gasteiger partial charge in [0.25, 0.3) is 0 Å². The highest BCUT2D eigenvalue weighted by Gasteiger charge is 2.22. The van der Waals surface area contributed by atoms with Crippen LogP contribution in [0.15, 0.2) is 18.5 Å². The molecule has 2 aromatic rings. The van der Waals surface area contributed by atoms with Gasteiger partial charge in [-0.05, 0) is 26.8 Å². The van der Waals surface area contributed by atoms with Gasteiger partial charge >= 0.3 is 0 Å². The molecule has 7 heteroatoms. The van der Waals surface area contributed by atoms with Crippen LogP contribution in [-0.4, -0.2) is 37.4 Å². The Labute approximate surface area is 129 Å². The molecule has 0 saturated heterocycles. The van der Waals surface area contributed by atoms with E-state index in [1.54, 1.807) is 22.8 Å². The molecule has 1 atom stereocenters. The Kier molecular flexibility index (Phi) is 4.67. The molecular weight excluding hydrogens is 290 g/mol. The van der Waals surface area contributed by atoms with Crippen molar-refractivity contribution in [3.8, 4) is 0 Å². The van der Waals surface area contributed by atoms with E-state index >= 15 is 0 Å². The summed E-state index contributed by atoms with van der Waals surface area (Å²) < 4.78 is 3.49. The highest BCUT2D eigenvalue weighted by Crippen LogP contribution is 2.19. The quantitative estimate of drug-likeness (QED) is 0.851. The number of likely N-dealkylation sites (N-methyl/N-ethyl adjacent to an activating group) is 1. The summed E-state index contributed by atoms with van der Waals surface area (Å²) in [6.45, 7) is 6.99. The zero-order chi connectivity index (χ0) is 15.6. The maximum absolute atomic E-state index is 12.5. The van der Waals surface area contributed by atoms with E-state index in [0.29, 0.717) is 11.6 Å². The molecule has 0 saturated carbocycles. The molecular formula is C14H20ClN5O. The Hall–Kier alpha value is -1.82. The summed E-state index contributed by atoms with van der Waals surface area (Å²) in [5.74, 6) is -0.0242. The van der Waals surface area contributed by atoms with Crippen molar-refractivity contribution in [1.82, 2.24) is 24.5 Å². The second kappa shape index (κ2) is 6.30. The Morgan fingerprint density at radius 3 is 2.76 bits per heavy atom. The van der Waals surface area contributed by atoms with E-state index in [0.717, 1.165) is 17.9 Å². The van der Waals surface area contributed by atoms with Crippen molar-refractivity contribution in [2.75, 3.05) is 7.05 Å². The zero-order valence-electron chi connectivity index (χ0n) is 12.7. The second-order valence-corrected chi connectivity index (χ2v) is 5.46. The third-order valence-electron chi connectivity index (χ3n) is 3.50. The molecule has 2 rings (SSSR count). The van der Waals surface area contributed by atoms with Crippen molar-refractivity contribution in [2.45, 2.75) is 39.9 Å². The SMILES string of the molecule is CCn1ccc(CN(C)C(=O)C(C)n2ncc(Cl)c2C)n1. The molecule has 114 valence electrons. The van der Waals surface area contributed by atoms with Crippen LogP contribution in [0.2, 0.25) is 5.02 Å². The van der Waals surface area contributed by atoms with Crippen LogP contribution in [0.5, 0.6) is 0 Å². The van der Waals surface area contributed by atoms with E-state index < -0.39 is 6.04 Å². The Balaban J connectivity index is 2.06. The number of nitrogens with zero attached hydrogens (tertiary/aromatic N) is 5. The average molecular weight is 310 g/mol. The number of hydrogen-bond donors (Lipinski definition) is 0. The van der Waals surface area contributed by atoms with Gasteiger partial charge in [-0.1, -0.05) is 11.6 Å². The number of amides is 1. The lowest BCUT2D eigenvalue weighted by Gasteiger charge is -2.21. The first-order valence-corrected chi connectivity index (χ1v) is 7.28. The summed E-state index contributed by atoms with van der Waals surface area (Å²) in [4.78, 5) is 14.1. The number of hydrogen-bond acceptors (Lipinski definition) is 3. The number of halogens is 1. The molecule has 21 heavy (non-hydrogen) atoms. The monoisotopic (exact) mass is 309 g/mol. The third kappa shape index (κ3) is 3.26. The lowest BCUT2D eigenvalue weighted by molar-refractivity contribution is -0.133. The molecule has 0 N–H and O–H groups in total. The van der Waals surface area contributed by atoms with Crippen molar-refractivity contribution in [3.63, 3.8) is 0 Å². The first kappa shape index (κ1) is 15.6. The highest BCUT2D eigenvalue weighted by molar-refractivity contribution is 6.31. The van der Waals surface area contributed by atoms with E-state index in [2.05, 4.69) is 10.2 Å². The maximum atomic E-state index is 12.5. The van der Waals surface area contributed by atoms with Crippen LogP contribution < -0.4 is 0 Å². The molecule has 6 nitrogen and oxygen atoms in total. The Morgan fingerprint density at radius 2 is 2.24 bits per heavy atom. The lowest BCUT2D eigenvalue weighted by Crippen LogP contribution is -2.33. The van der Waals surface area contributed by atoms with E-state index in [1.807, 2.05) is 37.7 Å². The molecule has 0 aliphatic carbocycles. The normalized spacial score (nSPS) is 12.4. The molecule has 0 bridgehead atoms. The molecule has 0 aliphatic heterocycles. The van der Waals surface area contributed by atoms with Gasteiger partial charge in [0.05, 0.1) is 29.2 Å². The minimum Gasteiger partial charge on any atom is -0.338 e. The van der Waals surface area contributed by atoms with Crippen molar-refractivity contribution in [2.24, 2.45) is 0 Å². The number of aromatic nitrogens is 4. The summed E-state index contributed by atoms with van der Waals surface area (Å²) >= 11 is 5.99. The van der Waals surface area contributed by atoms with Crippen molar-refractivity contribution in [3.05, 3.63) is 34.9 Å². The summed E-state index contributed by atoms with van der Waals surface area (Å²) in [5, 5.41) is 9.11. The molecule has 0 radical (unpaired) electrons. The minimum atomic E-state index is -0.393. The van der Waals surface area contributed by atoms with Crippen LogP contribution in [0.3, 0.4) is 0 Å². The van der Waals surface area contributed by atoms with Crippen LogP contribution in [-0.2, 0) is 17.9 Å². The first-order chi connectivity index (χ1) is 9.93. The number of carbonyl (C=O) groups is 1. The van der Waals surface area contributed by atoms with E-state index in [4.69, 9.17) is 11.6 Å². The van der Waals surface area contributed by atoms with Crippen molar-refractivity contribution >= 4 is 17.5 Å². The predicted molar refractivity (Wildman–Crippen MR) is 81.1 cm³/mol. The topological polar surface area (TPSA) is 56.0 Å². The smallest absolute Gasteiger partial charge is 0.247 e. The fraction of sp³-hybridized carbons (Fsp3) is 0.500. The van der Waals surface area contributed by atoms with Crippen LogP contribution in [0.4, 0.5) is 0 Å². The van der Waals surface area contributed by atoms with E-state index in [1.165, 1.54) is 0 Å². The fourth-order valence-electron chi connectivity index (χ4n) is 2.20. The summed E-state index contributed by atoms with van der Waals surface area (Å²) in [7, 11) is 1.77. The van der Waals surface area contributed by atoms with E-state index in [-0.39, 0.29) is 5.91 Å². The summed E-state index contributed by atoms with van der Waals surface area (Å²) in [5.41, 5.74) is 1.66. The van der Waals surface area contributed by atoms with Crippen molar-refractivity contribution < 1.29 is 4.79 Å². The maximum Gasteiger partial charge on any atom is 0.247 e. The summed E-state index contributed by atoms with van der Waals surface area (Å²) in [6, 6.07) is 1.53. The molecule has 0 spiro atoms. The van der Waals surface area contributed by atoms with Gasteiger partial charge in [0.15, 0.2) is 0 Å². The molecule has 2 heterocycles. The van der Waals surface area contributed by atoms with Gasteiger partial charge in [-0.2, -0.15) is 10.2 Å². The van der Waals surface area contributed by atoms with Gasteiger partial charge in [0, 0.05) is 19.8 Å². The molecule has 1 unspecified atom stereocenters. The molecule has 0 aliphatic rings. The fourth-order valence-corrected chi connectivity index (χ4v) is 2.33. The number of rotatable bonds is 5. The number of aryl methyl sites for hydroxylation is 1. The lowest BCUT2D eigenvalue weighted by atomic mass is 10.2. The van der Waals surface area contributed by atoms with Crippen LogP contribution >= 0.6 is 11.6 Å². The van der Waals surface area contributed by atoms with Crippen molar-refractivity contribution in [1.29, 1.82) is 0 Å². The van der Waals surface area contributed by atoms with Gasteiger partial charge in [0.1, 0.15) is 6.04 Å². The molecule has 0 aromatic carbocycles. The minimum absolute atomic E-state index is 0.0242. The standard InChI is InChI=1S/C14H20ClN5O/c1-5-19-7-6-12(17-19)9-18(4)14(21)11(3)20-10(2)13(15)8-16-20/h6-8,11H,5,9H2,1-4H3. The van der Waals surface area contributed by atoms with Gasteiger partial charge in [-0.15, -0.1) is 0 Å². The number of carbonyl (C=O) groups excluding carboxylic acids is 1. The Morgan fingerprint density at radius 1 is 1.52 bits per heavy atom. The van der Waals surface area contributed by atoms with Crippen LogP contribution in [0.25, 0.3) is 0 Å².